The van der Waals surface area contributed by atoms with Gasteiger partial charge < -0.3 is 15.0 Å². The molecule has 1 amide bonds. The molecule has 0 atom stereocenters. The van der Waals surface area contributed by atoms with Crippen molar-refractivity contribution in [2.45, 2.75) is 38.1 Å². The molecule has 2 rings (SSSR count). The van der Waals surface area contributed by atoms with Gasteiger partial charge in [-0.15, -0.1) is 0 Å². The Labute approximate surface area is 97.3 Å². The Morgan fingerprint density at radius 1 is 1.19 bits per heavy atom. The summed E-state index contributed by atoms with van der Waals surface area (Å²) in [6, 6.07) is 0.446. The average Bonchev–Trinajstić information content (AvgIpc) is 2.31. The highest BCUT2D eigenvalue weighted by Crippen LogP contribution is 2.16. The van der Waals surface area contributed by atoms with Crippen molar-refractivity contribution >= 4 is 5.91 Å². The van der Waals surface area contributed by atoms with Gasteiger partial charge in [-0.2, -0.15) is 0 Å². The van der Waals surface area contributed by atoms with Gasteiger partial charge >= 0.3 is 0 Å². The molecule has 0 bridgehead atoms. The summed E-state index contributed by atoms with van der Waals surface area (Å²) in [6.07, 6.45) is 6.22. The number of carbonyl (C=O) groups is 1. The van der Waals surface area contributed by atoms with Crippen molar-refractivity contribution in [1.82, 2.24) is 5.32 Å². The van der Waals surface area contributed by atoms with Gasteiger partial charge in [-0.3, -0.25) is 4.79 Å². The molecule has 1 aliphatic carbocycles. The molecule has 1 saturated carbocycles. The van der Waals surface area contributed by atoms with Gasteiger partial charge in [0.1, 0.15) is 13.1 Å². The first kappa shape index (κ1) is 11.9. The summed E-state index contributed by atoms with van der Waals surface area (Å²) in [5.74, 6) is 0.226. The van der Waals surface area contributed by atoms with Gasteiger partial charge in [-0.1, -0.05) is 19.3 Å². The highest BCUT2D eigenvalue weighted by atomic mass is 16.5. The minimum atomic E-state index is 0.226. The van der Waals surface area contributed by atoms with Crippen LogP contribution in [0.5, 0.6) is 0 Å². The van der Waals surface area contributed by atoms with Gasteiger partial charge in [0.25, 0.3) is 5.91 Å². The fourth-order valence-corrected chi connectivity index (χ4v) is 2.59. The lowest BCUT2D eigenvalue weighted by molar-refractivity contribution is -0.900. The molecule has 1 heterocycles. The van der Waals surface area contributed by atoms with Gasteiger partial charge in [0, 0.05) is 6.04 Å². The summed E-state index contributed by atoms with van der Waals surface area (Å²) in [5.41, 5.74) is 0. The van der Waals surface area contributed by atoms with E-state index in [0.717, 1.165) is 26.3 Å². The van der Waals surface area contributed by atoms with Crippen molar-refractivity contribution in [3.05, 3.63) is 0 Å². The number of carbonyl (C=O) groups excluding carboxylic acids is 1. The molecule has 0 unspecified atom stereocenters. The van der Waals surface area contributed by atoms with E-state index in [2.05, 4.69) is 5.32 Å². The minimum absolute atomic E-state index is 0.226. The van der Waals surface area contributed by atoms with Crippen molar-refractivity contribution in [2.75, 3.05) is 32.8 Å². The Morgan fingerprint density at radius 3 is 2.56 bits per heavy atom. The van der Waals surface area contributed by atoms with Crippen LogP contribution < -0.4 is 10.2 Å². The second-order valence-electron chi connectivity index (χ2n) is 4.94. The lowest BCUT2D eigenvalue weighted by atomic mass is 9.95. The topological polar surface area (TPSA) is 42.8 Å². The van der Waals surface area contributed by atoms with Crippen LogP contribution in [0.4, 0.5) is 0 Å². The predicted molar refractivity (Wildman–Crippen MR) is 61.4 cm³/mol. The van der Waals surface area contributed by atoms with E-state index >= 15 is 0 Å². The Bertz CT molecular complexity index is 199. The molecule has 1 aliphatic heterocycles. The fraction of sp³-hybridized carbons (Fsp3) is 0.917. The molecular formula is C12H23N2O2+. The standard InChI is InChI=1S/C12H22N2O2/c15-12(10-14-6-8-16-9-7-14)13-11-4-2-1-3-5-11/h11H,1-10H2,(H,13,15)/p+1. The van der Waals surface area contributed by atoms with Crippen LogP contribution in [0.25, 0.3) is 0 Å². The predicted octanol–water partition coefficient (Wildman–Crippen LogP) is -0.650. The molecule has 92 valence electrons. The number of hydrogen-bond acceptors (Lipinski definition) is 2. The third kappa shape index (κ3) is 3.76. The molecule has 0 radical (unpaired) electrons. The lowest BCUT2D eigenvalue weighted by Crippen LogP contribution is -3.15. The Morgan fingerprint density at radius 2 is 1.88 bits per heavy atom. The lowest BCUT2D eigenvalue weighted by Gasteiger charge is -2.26. The third-order valence-electron chi connectivity index (χ3n) is 3.58. The third-order valence-corrected chi connectivity index (χ3v) is 3.58. The summed E-state index contributed by atoms with van der Waals surface area (Å²) in [6.45, 7) is 4.16. The van der Waals surface area contributed by atoms with E-state index in [1.807, 2.05) is 0 Å². The van der Waals surface area contributed by atoms with E-state index in [1.54, 1.807) is 0 Å². The number of hydrogen-bond donors (Lipinski definition) is 2. The van der Waals surface area contributed by atoms with Crippen molar-refractivity contribution in [1.29, 1.82) is 0 Å². The van der Waals surface area contributed by atoms with Gasteiger partial charge in [0.05, 0.1) is 13.2 Å². The summed E-state index contributed by atoms with van der Waals surface area (Å²) < 4.78 is 5.28. The van der Waals surface area contributed by atoms with Crippen LogP contribution in [0.15, 0.2) is 0 Å². The zero-order valence-corrected chi connectivity index (χ0v) is 9.96. The van der Waals surface area contributed by atoms with Crippen LogP contribution in [-0.2, 0) is 9.53 Å². The van der Waals surface area contributed by atoms with Crippen LogP contribution in [0.2, 0.25) is 0 Å². The number of rotatable bonds is 3. The van der Waals surface area contributed by atoms with Gasteiger partial charge in [-0.05, 0) is 12.8 Å². The largest absolute Gasteiger partial charge is 0.370 e. The van der Waals surface area contributed by atoms with E-state index in [-0.39, 0.29) is 5.91 Å². The number of nitrogens with one attached hydrogen (secondary N) is 2. The fourth-order valence-electron chi connectivity index (χ4n) is 2.59. The maximum Gasteiger partial charge on any atom is 0.275 e. The summed E-state index contributed by atoms with van der Waals surface area (Å²) in [5, 5.41) is 3.17. The van der Waals surface area contributed by atoms with Crippen LogP contribution in [0, 0.1) is 0 Å². The number of amides is 1. The van der Waals surface area contributed by atoms with Crippen molar-refractivity contribution in [3.63, 3.8) is 0 Å². The van der Waals surface area contributed by atoms with Crippen LogP contribution in [0.1, 0.15) is 32.1 Å². The van der Waals surface area contributed by atoms with Crippen LogP contribution in [0.3, 0.4) is 0 Å². The minimum Gasteiger partial charge on any atom is -0.370 e. The number of ether oxygens (including phenoxy) is 1. The number of quaternary nitrogens is 1. The maximum absolute atomic E-state index is 11.8. The smallest absolute Gasteiger partial charge is 0.275 e. The van der Waals surface area contributed by atoms with Crippen molar-refractivity contribution in [3.8, 4) is 0 Å². The second kappa shape index (κ2) is 6.21. The first-order valence-corrected chi connectivity index (χ1v) is 6.55. The molecule has 1 saturated heterocycles. The van der Waals surface area contributed by atoms with E-state index in [9.17, 15) is 4.79 Å². The molecule has 2 fully saturated rings. The van der Waals surface area contributed by atoms with Crippen LogP contribution >= 0.6 is 0 Å². The second-order valence-corrected chi connectivity index (χ2v) is 4.94. The van der Waals surface area contributed by atoms with Gasteiger partial charge in [0.15, 0.2) is 6.54 Å². The highest BCUT2D eigenvalue weighted by molar-refractivity contribution is 5.77. The molecule has 4 heteroatoms. The monoisotopic (exact) mass is 227 g/mol. The van der Waals surface area contributed by atoms with E-state index in [0.29, 0.717) is 12.6 Å². The highest BCUT2D eigenvalue weighted by Gasteiger charge is 2.20. The molecule has 2 N–H and O–H groups in total. The first-order chi connectivity index (χ1) is 7.84. The van der Waals surface area contributed by atoms with Crippen LogP contribution in [-0.4, -0.2) is 44.8 Å². The van der Waals surface area contributed by atoms with E-state index < -0.39 is 0 Å². The summed E-state index contributed by atoms with van der Waals surface area (Å²) in [4.78, 5) is 13.2. The molecule has 0 aromatic rings. The molecular weight excluding hydrogens is 204 g/mol. The Balaban J connectivity index is 1.66. The first-order valence-electron chi connectivity index (χ1n) is 6.55. The van der Waals surface area contributed by atoms with Crippen molar-refractivity contribution in [2.24, 2.45) is 0 Å². The summed E-state index contributed by atoms with van der Waals surface area (Å²) in [7, 11) is 0. The maximum atomic E-state index is 11.8. The number of morpholine rings is 1. The SMILES string of the molecule is O=C(C[NH+]1CCOCC1)NC1CCCCC1. The molecule has 16 heavy (non-hydrogen) atoms. The zero-order valence-electron chi connectivity index (χ0n) is 9.96. The zero-order chi connectivity index (χ0) is 11.2. The van der Waals surface area contributed by atoms with Crippen molar-refractivity contribution < 1.29 is 14.4 Å². The molecule has 0 spiro atoms. The Kier molecular flexibility index (Phi) is 4.60. The summed E-state index contributed by atoms with van der Waals surface area (Å²) >= 11 is 0. The quantitative estimate of drug-likeness (QED) is 0.673. The normalized spacial score (nSPS) is 24.2. The van der Waals surface area contributed by atoms with E-state index in [1.165, 1.54) is 37.0 Å². The van der Waals surface area contributed by atoms with Gasteiger partial charge in [0.2, 0.25) is 0 Å². The average molecular weight is 227 g/mol. The molecule has 0 aromatic heterocycles. The van der Waals surface area contributed by atoms with E-state index in [4.69, 9.17) is 4.74 Å². The van der Waals surface area contributed by atoms with Gasteiger partial charge in [-0.25, -0.2) is 0 Å². The molecule has 2 aliphatic rings. The molecule has 4 nitrogen and oxygen atoms in total. The molecule has 0 aromatic carbocycles. The Hall–Kier alpha value is -0.610.